The Bertz CT molecular complexity index is 1160. The molecule has 9 heteroatoms. The molecule has 31 heavy (non-hydrogen) atoms. The van der Waals surface area contributed by atoms with E-state index in [9.17, 15) is 14.4 Å². The largest absolute Gasteiger partial charge is 0.352 e. The minimum Gasteiger partial charge on any atom is -0.352 e. The van der Waals surface area contributed by atoms with Crippen LogP contribution >= 0.6 is 11.6 Å². The molecule has 2 amide bonds. The van der Waals surface area contributed by atoms with E-state index in [4.69, 9.17) is 11.6 Å². The first-order valence-corrected chi connectivity index (χ1v) is 10.1. The Kier molecular flexibility index (Phi) is 7.15. The van der Waals surface area contributed by atoms with Crippen molar-refractivity contribution in [2.45, 2.75) is 26.7 Å². The normalized spacial score (nSPS) is 10.5. The highest BCUT2D eigenvalue weighted by Crippen LogP contribution is 2.21. The van der Waals surface area contributed by atoms with Crippen LogP contribution in [0, 0.1) is 6.92 Å². The molecule has 3 aromatic rings. The number of aromatic nitrogens is 3. The Hall–Kier alpha value is -3.52. The van der Waals surface area contributed by atoms with Crippen LogP contribution in [0.5, 0.6) is 0 Å². The van der Waals surface area contributed by atoms with Crippen LogP contribution in [0.2, 0.25) is 5.02 Å². The van der Waals surface area contributed by atoms with Gasteiger partial charge in [0.1, 0.15) is 5.82 Å². The van der Waals surface area contributed by atoms with Gasteiger partial charge in [-0.05, 0) is 43.7 Å². The Balaban J connectivity index is 1.72. The zero-order chi connectivity index (χ0) is 22.4. The number of hydrogen-bond acceptors (Lipinski definition) is 5. The standard InChI is InChI=1S/C22H22ClN5O3/c1-3-8-25-21(30)16-7-6-15(10-18(16)23)27-19(29)11-17-13(2)26-20(28-22(17)31)14-5-4-9-24-12-14/h4-7,9-10,12H,3,8,11H2,1-2H3,(H,25,30)(H,27,29)(H,26,28,31). The summed E-state index contributed by atoms with van der Waals surface area (Å²) in [6, 6.07) is 8.17. The van der Waals surface area contributed by atoms with Crippen LogP contribution in [-0.2, 0) is 11.2 Å². The van der Waals surface area contributed by atoms with Gasteiger partial charge in [-0.15, -0.1) is 0 Å². The number of halogens is 1. The van der Waals surface area contributed by atoms with Crippen molar-refractivity contribution in [3.63, 3.8) is 0 Å². The first-order chi connectivity index (χ1) is 14.9. The number of rotatable bonds is 7. The minimum absolute atomic E-state index is 0.155. The quantitative estimate of drug-likeness (QED) is 0.523. The summed E-state index contributed by atoms with van der Waals surface area (Å²) >= 11 is 6.19. The number of nitrogens with zero attached hydrogens (tertiary/aromatic N) is 2. The first-order valence-electron chi connectivity index (χ1n) is 9.76. The molecule has 3 N–H and O–H groups in total. The molecule has 0 radical (unpaired) electrons. The lowest BCUT2D eigenvalue weighted by atomic mass is 10.1. The van der Waals surface area contributed by atoms with Gasteiger partial charge in [0.25, 0.3) is 11.5 Å². The summed E-state index contributed by atoms with van der Waals surface area (Å²) < 4.78 is 0. The summed E-state index contributed by atoms with van der Waals surface area (Å²) in [7, 11) is 0. The van der Waals surface area contributed by atoms with Crippen LogP contribution in [0.25, 0.3) is 11.4 Å². The first kappa shape index (κ1) is 22.2. The monoisotopic (exact) mass is 439 g/mol. The van der Waals surface area contributed by atoms with Crippen LogP contribution in [0.1, 0.15) is 35.0 Å². The second-order valence-electron chi connectivity index (χ2n) is 6.90. The van der Waals surface area contributed by atoms with Crippen LogP contribution < -0.4 is 16.2 Å². The Morgan fingerprint density at radius 2 is 2.03 bits per heavy atom. The second-order valence-corrected chi connectivity index (χ2v) is 7.30. The summed E-state index contributed by atoms with van der Waals surface area (Å²) in [5, 5.41) is 5.67. The molecule has 3 rings (SSSR count). The Labute approximate surface area is 184 Å². The van der Waals surface area contributed by atoms with Crippen molar-refractivity contribution in [3.05, 3.63) is 74.9 Å². The Morgan fingerprint density at radius 1 is 1.23 bits per heavy atom. The maximum Gasteiger partial charge on any atom is 0.255 e. The van der Waals surface area contributed by atoms with Crippen LogP contribution in [-0.4, -0.2) is 33.3 Å². The van der Waals surface area contributed by atoms with E-state index in [1.807, 2.05) is 6.92 Å². The van der Waals surface area contributed by atoms with E-state index in [0.717, 1.165) is 6.42 Å². The summed E-state index contributed by atoms with van der Waals surface area (Å²) in [5.41, 5.74) is 1.77. The van der Waals surface area contributed by atoms with E-state index in [2.05, 4.69) is 25.6 Å². The molecule has 0 saturated heterocycles. The van der Waals surface area contributed by atoms with E-state index >= 15 is 0 Å². The van der Waals surface area contributed by atoms with Gasteiger partial charge in [-0.1, -0.05) is 18.5 Å². The molecule has 0 saturated carbocycles. The third kappa shape index (κ3) is 5.55. The number of anilines is 1. The predicted octanol–water partition coefficient (Wildman–Crippen LogP) is 3.11. The van der Waals surface area contributed by atoms with Crippen molar-refractivity contribution in [1.82, 2.24) is 20.3 Å². The fraction of sp³-hybridized carbons (Fsp3) is 0.227. The second kappa shape index (κ2) is 9.99. The van der Waals surface area contributed by atoms with Crippen molar-refractivity contribution in [2.75, 3.05) is 11.9 Å². The summed E-state index contributed by atoms with van der Waals surface area (Å²) in [6.07, 6.45) is 3.88. The van der Waals surface area contributed by atoms with Crippen LogP contribution in [0.3, 0.4) is 0 Å². The van der Waals surface area contributed by atoms with Gasteiger partial charge < -0.3 is 15.6 Å². The van der Waals surface area contributed by atoms with Gasteiger partial charge in [-0.2, -0.15) is 0 Å². The maximum absolute atomic E-state index is 12.5. The molecule has 0 bridgehead atoms. The maximum atomic E-state index is 12.5. The van der Waals surface area contributed by atoms with Crippen molar-refractivity contribution in [3.8, 4) is 11.4 Å². The van der Waals surface area contributed by atoms with Gasteiger partial charge >= 0.3 is 0 Å². The van der Waals surface area contributed by atoms with Crippen LogP contribution in [0.15, 0.2) is 47.5 Å². The number of nitrogens with one attached hydrogen (secondary N) is 3. The van der Waals surface area contributed by atoms with E-state index in [1.165, 1.54) is 6.07 Å². The van der Waals surface area contributed by atoms with E-state index in [1.54, 1.807) is 43.6 Å². The fourth-order valence-corrected chi connectivity index (χ4v) is 3.20. The highest BCUT2D eigenvalue weighted by Gasteiger charge is 2.15. The van der Waals surface area contributed by atoms with Gasteiger partial charge in [-0.25, -0.2) is 4.98 Å². The van der Waals surface area contributed by atoms with Crippen molar-refractivity contribution < 1.29 is 9.59 Å². The molecule has 0 aliphatic heterocycles. The lowest BCUT2D eigenvalue weighted by Gasteiger charge is -2.10. The predicted molar refractivity (Wildman–Crippen MR) is 119 cm³/mol. The zero-order valence-corrected chi connectivity index (χ0v) is 17.9. The van der Waals surface area contributed by atoms with Gasteiger partial charge in [0.2, 0.25) is 5.91 Å². The summed E-state index contributed by atoms with van der Waals surface area (Å²) in [6.45, 7) is 4.18. The number of amides is 2. The van der Waals surface area contributed by atoms with E-state index in [-0.39, 0.29) is 28.5 Å². The number of carbonyl (C=O) groups is 2. The molecular weight excluding hydrogens is 418 g/mol. The molecule has 0 atom stereocenters. The highest BCUT2D eigenvalue weighted by atomic mass is 35.5. The molecule has 8 nitrogen and oxygen atoms in total. The van der Waals surface area contributed by atoms with Crippen molar-refractivity contribution >= 4 is 29.1 Å². The third-order valence-electron chi connectivity index (χ3n) is 4.53. The third-order valence-corrected chi connectivity index (χ3v) is 4.84. The number of pyridine rings is 1. The molecule has 0 unspecified atom stereocenters. The molecule has 0 fully saturated rings. The molecular formula is C22H22ClN5O3. The van der Waals surface area contributed by atoms with Crippen molar-refractivity contribution in [2.24, 2.45) is 0 Å². The highest BCUT2D eigenvalue weighted by molar-refractivity contribution is 6.34. The fourth-order valence-electron chi connectivity index (χ4n) is 2.93. The van der Waals surface area contributed by atoms with E-state index in [0.29, 0.717) is 34.9 Å². The molecule has 2 aromatic heterocycles. The number of aryl methyl sites for hydroxylation is 1. The minimum atomic E-state index is -0.399. The van der Waals surface area contributed by atoms with Gasteiger partial charge in [0.05, 0.1) is 17.0 Å². The smallest absolute Gasteiger partial charge is 0.255 e. The lowest BCUT2D eigenvalue weighted by molar-refractivity contribution is -0.115. The summed E-state index contributed by atoms with van der Waals surface area (Å²) in [4.78, 5) is 48.2. The van der Waals surface area contributed by atoms with Crippen molar-refractivity contribution in [1.29, 1.82) is 0 Å². The number of hydrogen-bond donors (Lipinski definition) is 3. The zero-order valence-electron chi connectivity index (χ0n) is 17.2. The number of carbonyl (C=O) groups excluding carboxylic acids is 2. The molecule has 2 heterocycles. The van der Waals surface area contributed by atoms with Crippen LogP contribution in [0.4, 0.5) is 5.69 Å². The average Bonchev–Trinajstić information content (AvgIpc) is 2.75. The Morgan fingerprint density at radius 3 is 2.68 bits per heavy atom. The molecule has 0 spiro atoms. The van der Waals surface area contributed by atoms with E-state index < -0.39 is 5.91 Å². The number of H-pyrrole nitrogens is 1. The van der Waals surface area contributed by atoms with Gasteiger partial charge in [-0.3, -0.25) is 19.4 Å². The topological polar surface area (TPSA) is 117 Å². The number of aromatic amines is 1. The van der Waals surface area contributed by atoms with Gasteiger partial charge in [0.15, 0.2) is 0 Å². The number of benzene rings is 1. The lowest BCUT2D eigenvalue weighted by Crippen LogP contribution is -2.25. The molecule has 0 aliphatic rings. The SMILES string of the molecule is CCCNC(=O)c1ccc(NC(=O)Cc2c(C)nc(-c3cccnc3)[nH]c2=O)cc1Cl. The molecule has 160 valence electrons. The molecule has 1 aromatic carbocycles. The summed E-state index contributed by atoms with van der Waals surface area (Å²) in [5.74, 6) is -0.279. The average molecular weight is 440 g/mol. The molecule has 0 aliphatic carbocycles. The van der Waals surface area contributed by atoms with Gasteiger partial charge in [0, 0.05) is 41.4 Å².